The first-order valence-corrected chi connectivity index (χ1v) is 9.27. The van der Waals surface area contributed by atoms with Gasteiger partial charge in [-0.2, -0.15) is 0 Å². The number of nitrogens with zero attached hydrogens (tertiary/aromatic N) is 1. The Hall–Kier alpha value is -3.38. The summed E-state index contributed by atoms with van der Waals surface area (Å²) in [6.45, 7) is 0. The number of aromatic amines is 1. The smallest absolute Gasteiger partial charge is 0.281 e. The monoisotopic (exact) mass is 432 g/mol. The van der Waals surface area contributed by atoms with Gasteiger partial charge >= 0.3 is 0 Å². The van der Waals surface area contributed by atoms with Crippen LogP contribution in [-0.2, 0) is 0 Å². The van der Waals surface area contributed by atoms with Crippen LogP contribution in [-0.4, -0.2) is 21.5 Å². The van der Waals surface area contributed by atoms with Crippen LogP contribution in [0.3, 0.4) is 0 Å². The number of carbonyl (C=O) groups is 2. The van der Waals surface area contributed by atoms with Crippen molar-refractivity contribution in [3.05, 3.63) is 110 Å². The standard InChI is InChI=1S/C14H8O2.C8H5BrN2O/c15-13-9-5-1-2-6-10(9)14(16)12-8-4-3-7-11(12)13;9-7-8(12)11-6-4-2-1-3-5(6)10-7/h1-8H;1-4H,(H,11,12). The molecule has 0 radical (unpaired) electrons. The van der Waals surface area contributed by atoms with E-state index in [-0.39, 0.29) is 17.1 Å². The fraction of sp³-hybridized carbons (Fsp3) is 0. The summed E-state index contributed by atoms with van der Waals surface area (Å²) < 4.78 is 0.321. The zero-order valence-electron chi connectivity index (χ0n) is 14.5. The van der Waals surface area contributed by atoms with Crippen LogP contribution in [0.1, 0.15) is 31.8 Å². The maximum atomic E-state index is 12.1. The first-order chi connectivity index (χ1) is 13.6. The van der Waals surface area contributed by atoms with Crippen molar-refractivity contribution in [2.75, 3.05) is 0 Å². The van der Waals surface area contributed by atoms with E-state index < -0.39 is 0 Å². The van der Waals surface area contributed by atoms with Gasteiger partial charge in [-0.15, -0.1) is 0 Å². The molecule has 28 heavy (non-hydrogen) atoms. The van der Waals surface area contributed by atoms with Crippen molar-refractivity contribution in [1.82, 2.24) is 9.97 Å². The summed E-state index contributed by atoms with van der Waals surface area (Å²) in [5, 5.41) is 0. The van der Waals surface area contributed by atoms with Gasteiger partial charge < -0.3 is 4.98 Å². The quantitative estimate of drug-likeness (QED) is 0.398. The Morgan fingerprint density at radius 1 is 0.643 bits per heavy atom. The van der Waals surface area contributed by atoms with E-state index >= 15 is 0 Å². The maximum Gasteiger partial charge on any atom is 0.281 e. The Labute approximate surface area is 168 Å². The fourth-order valence-corrected chi connectivity index (χ4v) is 3.35. The minimum absolute atomic E-state index is 0.0641. The number of fused-ring (bicyclic) bond motifs is 3. The van der Waals surface area contributed by atoms with E-state index in [4.69, 9.17) is 0 Å². The largest absolute Gasteiger partial charge is 0.318 e. The van der Waals surface area contributed by atoms with E-state index in [1.807, 2.05) is 24.3 Å². The Kier molecular flexibility index (Phi) is 4.71. The summed E-state index contributed by atoms with van der Waals surface area (Å²) in [7, 11) is 0. The van der Waals surface area contributed by atoms with E-state index in [2.05, 4.69) is 25.9 Å². The molecule has 0 spiro atoms. The van der Waals surface area contributed by atoms with E-state index in [0.29, 0.717) is 26.9 Å². The molecule has 0 amide bonds. The molecule has 136 valence electrons. The molecule has 4 aromatic rings. The number of benzene rings is 3. The molecule has 0 saturated carbocycles. The molecular formula is C22H13BrN2O3. The Balaban J connectivity index is 0.000000143. The van der Waals surface area contributed by atoms with Crippen LogP contribution in [0.15, 0.2) is 82.2 Å². The molecule has 1 N–H and O–H groups in total. The summed E-state index contributed by atoms with van der Waals surface area (Å²) in [6, 6.07) is 21.3. The second-order valence-electron chi connectivity index (χ2n) is 6.12. The maximum absolute atomic E-state index is 12.1. The average Bonchev–Trinajstić information content (AvgIpc) is 2.73. The summed E-state index contributed by atoms with van der Waals surface area (Å²) in [5.74, 6) is -0.128. The van der Waals surface area contributed by atoms with Crippen LogP contribution >= 0.6 is 15.9 Å². The van der Waals surface area contributed by atoms with Gasteiger partial charge in [0.1, 0.15) is 0 Å². The van der Waals surface area contributed by atoms with Gasteiger partial charge in [0.25, 0.3) is 5.56 Å². The van der Waals surface area contributed by atoms with E-state index in [0.717, 1.165) is 11.0 Å². The number of hydrogen-bond donors (Lipinski definition) is 1. The molecule has 0 saturated heterocycles. The normalized spacial score (nSPS) is 12.0. The third kappa shape index (κ3) is 3.18. The van der Waals surface area contributed by atoms with Crippen molar-refractivity contribution in [2.24, 2.45) is 0 Å². The van der Waals surface area contributed by atoms with Crippen molar-refractivity contribution in [3.8, 4) is 0 Å². The number of para-hydroxylation sites is 2. The van der Waals surface area contributed by atoms with Crippen molar-refractivity contribution < 1.29 is 9.59 Å². The topological polar surface area (TPSA) is 79.9 Å². The van der Waals surface area contributed by atoms with Crippen molar-refractivity contribution in [1.29, 1.82) is 0 Å². The molecular weight excluding hydrogens is 420 g/mol. The third-order valence-electron chi connectivity index (χ3n) is 4.39. The molecule has 1 aliphatic rings. The second-order valence-corrected chi connectivity index (χ2v) is 6.87. The predicted molar refractivity (Wildman–Crippen MR) is 110 cm³/mol. The summed E-state index contributed by atoms with van der Waals surface area (Å²) in [6.07, 6.45) is 0. The number of hydrogen-bond acceptors (Lipinski definition) is 4. The first kappa shape index (κ1) is 18.0. The van der Waals surface area contributed by atoms with Crippen LogP contribution in [0.2, 0.25) is 0 Å². The lowest BCUT2D eigenvalue weighted by Gasteiger charge is -2.16. The number of H-pyrrole nitrogens is 1. The SMILES string of the molecule is O=C1c2ccccc2C(=O)c2ccccc21.O=c1[nH]c2ccccc2nc1Br. The zero-order valence-corrected chi connectivity index (χ0v) is 16.1. The number of aromatic nitrogens is 2. The molecule has 5 nitrogen and oxygen atoms in total. The lowest BCUT2D eigenvalue weighted by Crippen LogP contribution is -2.20. The summed E-state index contributed by atoms with van der Waals surface area (Å²) >= 11 is 3.06. The van der Waals surface area contributed by atoms with Crippen LogP contribution in [0, 0.1) is 0 Å². The van der Waals surface area contributed by atoms with Crippen LogP contribution in [0.25, 0.3) is 11.0 Å². The number of carbonyl (C=O) groups excluding carboxylic acids is 2. The molecule has 0 fully saturated rings. The third-order valence-corrected chi connectivity index (χ3v) is 4.93. The number of nitrogens with one attached hydrogen (secondary N) is 1. The molecule has 3 aromatic carbocycles. The fourth-order valence-electron chi connectivity index (χ4n) is 3.06. The van der Waals surface area contributed by atoms with Gasteiger partial charge in [0.05, 0.1) is 11.0 Å². The highest BCUT2D eigenvalue weighted by atomic mass is 79.9. The number of ketones is 2. The van der Waals surface area contributed by atoms with E-state index in [1.165, 1.54) is 0 Å². The average molecular weight is 433 g/mol. The van der Waals surface area contributed by atoms with Gasteiger partial charge in [0, 0.05) is 22.3 Å². The minimum atomic E-state index is -0.200. The van der Waals surface area contributed by atoms with Crippen LogP contribution < -0.4 is 5.56 Å². The molecule has 0 aliphatic heterocycles. The zero-order chi connectivity index (χ0) is 19.7. The second kappa shape index (κ2) is 7.32. The number of rotatable bonds is 0. The van der Waals surface area contributed by atoms with Crippen LogP contribution in [0.5, 0.6) is 0 Å². The van der Waals surface area contributed by atoms with E-state index in [1.54, 1.807) is 48.5 Å². The molecule has 5 rings (SSSR count). The molecule has 1 heterocycles. The highest BCUT2D eigenvalue weighted by Crippen LogP contribution is 2.26. The van der Waals surface area contributed by atoms with Crippen LogP contribution in [0.4, 0.5) is 0 Å². The molecule has 6 heteroatoms. The molecule has 1 aromatic heterocycles. The molecule has 0 bridgehead atoms. The van der Waals surface area contributed by atoms with Gasteiger partial charge in [0.15, 0.2) is 16.2 Å². The van der Waals surface area contributed by atoms with Gasteiger partial charge in [-0.1, -0.05) is 60.7 Å². The summed E-state index contributed by atoms with van der Waals surface area (Å²) in [4.78, 5) is 42.0. The highest BCUT2D eigenvalue weighted by molar-refractivity contribution is 9.10. The van der Waals surface area contributed by atoms with Crippen molar-refractivity contribution >= 4 is 38.5 Å². The molecule has 1 aliphatic carbocycles. The van der Waals surface area contributed by atoms with Gasteiger partial charge in [0.2, 0.25) is 0 Å². The lowest BCUT2D eigenvalue weighted by atomic mass is 9.84. The highest BCUT2D eigenvalue weighted by Gasteiger charge is 2.28. The molecule has 0 unspecified atom stereocenters. The van der Waals surface area contributed by atoms with Gasteiger partial charge in [-0.3, -0.25) is 14.4 Å². The predicted octanol–water partition coefficient (Wildman–Crippen LogP) is 4.15. The van der Waals surface area contributed by atoms with E-state index in [9.17, 15) is 14.4 Å². The van der Waals surface area contributed by atoms with Crippen molar-refractivity contribution in [2.45, 2.75) is 0 Å². The lowest BCUT2D eigenvalue weighted by molar-refractivity contribution is 0.0979. The first-order valence-electron chi connectivity index (χ1n) is 8.48. The summed E-state index contributed by atoms with van der Waals surface area (Å²) in [5.41, 5.74) is 3.36. The Bertz CT molecular complexity index is 1190. The Morgan fingerprint density at radius 3 is 1.57 bits per heavy atom. The Morgan fingerprint density at radius 2 is 1.07 bits per heavy atom. The minimum Gasteiger partial charge on any atom is -0.318 e. The van der Waals surface area contributed by atoms with Gasteiger partial charge in [-0.25, -0.2) is 4.98 Å². The number of halogens is 1. The van der Waals surface area contributed by atoms with Crippen molar-refractivity contribution in [3.63, 3.8) is 0 Å². The molecule has 0 atom stereocenters. The van der Waals surface area contributed by atoms with Gasteiger partial charge in [-0.05, 0) is 28.1 Å².